The molecular formula is C51H31N3O2. The largest absolute Gasteiger partial charge is 0.455 e. The van der Waals surface area contributed by atoms with E-state index in [0.29, 0.717) is 17.5 Å². The van der Waals surface area contributed by atoms with E-state index in [0.717, 1.165) is 95.3 Å². The molecule has 0 amide bonds. The molecule has 0 saturated heterocycles. The summed E-state index contributed by atoms with van der Waals surface area (Å²) in [6.45, 7) is 0. The third-order valence-electron chi connectivity index (χ3n) is 11.4. The summed E-state index contributed by atoms with van der Waals surface area (Å²) in [5.41, 5.74) is 10.8. The molecule has 0 bridgehead atoms. The quantitative estimate of drug-likeness (QED) is 0.181. The van der Waals surface area contributed by atoms with Gasteiger partial charge in [-0.05, 0) is 70.0 Å². The highest BCUT2D eigenvalue weighted by Gasteiger charge is 2.22. The average molecular weight is 718 g/mol. The van der Waals surface area contributed by atoms with Crippen molar-refractivity contribution >= 4 is 71.5 Å². The summed E-state index contributed by atoms with van der Waals surface area (Å²) in [4.78, 5) is 15.4. The van der Waals surface area contributed by atoms with Gasteiger partial charge in [0.05, 0.1) is 0 Å². The third-order valence-corrected chi connectivity index (χ3v) is 11.4. The van der Waals surface area contributed by atoms with Crippen molar-refractivity contribution in [3.63, 3.8) is 0 Å². The van der Waals surface area contributed by atoms with Gasteiger partial charge in [0.1, 0.15) is 22.3 Å². The second-order valence-electron chi connectivity index (χ2n) is 14.6. The Morgan fingerprint density at radius 2 is 1.09 bits per heavy atom. The summed E-state index contributed by atoms with van der Waals surface area (Å²) in [5.74, 6) is 1.84. The van der Waals surface area contributed by atoms with E-state index < -0.39 is 0 Å². The Morgan fingerprint density at radius 3 is 1.98 bits per heavy atom. The lowest BCUT2D eigenvalue weighted by Crippen LogP contribution is -2.00. The molecule has 5 nitrogen and oxygen atoms in total. The number of nitrogens with zero attached hydrogens (tertiary/aromatic N) is 3. The average Bonchev–Trinajstić information content (AvgIpc) is 3.86. The molecular weight excluding hydrogens is 687 g/mol. The van der Waals surface area contributed by atoms with E-state index in [1.165, 1.54) is 21.9 Å². The van der Waals surface area contributed by atoms with Crippen LogP contribution >= 0.6 is 0 Å². The molecule has 56 heavy (non-hydrogen) atoms. The van der Waals surface area contributed by atoms with Crippen molar-refractivity contribution in [1.82, 2.24) is 15.0 Å². The highest BCUT2D eigenvalue weighted by Crippen LogP contribution is 2.45. The first-order valence-corrected chi connectivity index (χ1v) is 19.1. The van der Waals surface area contributed by atoms with Crippen LogP contribution in [0.3, 0.4) is 0 Å². The molecule has 8 aromatic carbocycles. The molecule has 12 rings (SSSR count). The molecule has 3 aromatic heterocycles. The van der Waals surface area contributed by atoms with Crippen molar-refractivity contribution in [3.05, 3.63) is 169 Å². The van der Waals surface area contributed by atoms with Crippen LogP contribution in [0.5, 0.6) is 0 Å². The zero-order valence-corrected chi connectivity index (χ0v) is 30.2. The first kappa shape index (κ1) is 31.0. The van der Waals surface area contributed by atoms with Gasteiger partial charge in [0.15, 0.2) is 17.5 Å². The Balaban J connectivity index is 1.06. The van der Waals surface area contributed by atoms with Gasteiger partial charge in [0.25, 0.3) is 0 Å². The highest BCUT2D eigenvalue weighted by atomic mass is 16.3. The number of para-hydroxylation sites is 1. The molecule has 1 aliphatic carbocycles. The van der Waals surface area contributed by atoms with Crippen LogP contribution in [0.25, 0.3) is 117 Å². The van der Waals surface area contributed by atoms with Gasteiger partial charge in [0.2, 0.25) is 0 Å². The number of allylic oxidation sites excluding steroid dienone is 1. The van der Waals surface area contributed by atoms with Gasteiger partial charge in [-0.1, -0.05) is 140 Å². The van der Waals surface area contributed by atoms with Gasteiger partial charge in [-0.2, -0.15) is 0 Å². The highest BCUT2D eigenvalue weighted by molar-refractivity contribution is 6.22. The fourth-order valence-electron chi connectivity index (χ4n) is 8.76. The van der Waals surface area contributed by atoms with Crippen LogP contribution in [-0.2, 0) is 6.42 Å². The molecule has 262 valence electrons. The first-order valence-electron chi connectivity index (χ1n) is 19.1. The minimum absolute atomic E-state index is 0.593. The zero-order chi connectivity index (χ0) is 36.7. The van der Waals surface area contributed by atoms with Gasteiger partial charge < -0.3 is 8.83 Å². The maximum atomic E-state index is 6.82. The Morgan fingerprint density at radius 1 is 0.429 bits per heavy atom. The van der Waals surface area contributed by atoms with Crippen molar-refractivity contribution in [1.29, 1.82) is 0 Å². The van der Waals surface area contributed by atoms with Gasteiger partial charge in [-0.25, -0.2) is 15.0 Å². The number of aromatic nitrogens is 3. The fraction of sp³-hybridized carbons (Fsp3) is 0.0392. The van der Waals surface area contributed by atoms with Crippen LogP contribution in [0.4, 0.5) is 0 Å². The van der Waals surface area contributed by atoms with Crippen LogP contribution in [0.1, 0.15) is 17.5 Å². The predicted molar refractivity (Wildman–Crippen MR) is 228 cm³/mol. The van der Waals surface area contributed by atoms with Crippen LogP contribution in [0.15, 0.2) is 167 Å². The minimum Gasteiger partial charge on any atom is -0.455 e. The molecule has 0 spiro atoms. The lowest BCUT2D eigenvalue weighted by molar-refractivity contribution is 0.670. The maximum absolute atomic E-state index is 6.82. The van der Waals surface area contributed by atoms with Gasteiger partial charge in [-0.15, -0.1) is 0 Å². The summed E-state index contributed by atoms with van der Waals surface area (Å²) in [7, 11) is 0. The summed E-state index contributed by atoms with van der Waals surface area (Å²) in [5, 5.41) is 8.79. The van der Waals surface area contributed by atoms with E-state index in [2.05, 4.69) is 115 Å². The van der Waals surface area contributed by atoms with Crippen LogP contribution in [-0.4, -0.2) is 15.0 Å². The summed E-state index contributed by atoms with van der Waals surface area (Å²) in [6.07, 6.45) is 6.69. The molecule has 1 aliphatic rings. The predicted octanol–water partition coefficient (Wildman–Crippen LogP) is 13.6. The smallest absolute Gasteiger partial charge is 0.164 e. The number of aryl methyl sites for hydroxylation is 1. The first-order chi connectivity index (χ1) is 27.7. The molecule has 5 heteroatoms. The number of benzene rings is 8. The third kappa shape index (κ3) is 4.71. The number of hydrogen-bond acceptors (Lipinski definition) is 5. The Labute approximate surface area is 321 Å². The van der Waals surface area contributed by atoms with E-state index in [1.807, 2.05) is 48.5 Å². The normalized spacial score (nSPS) is 12.8. The molecule has 0 unspecified atom stereocenters. The number of fused-ring (bicyclic) bond motifs is 11. The zero-order valence-electron chi connectivity index (χ0n) is 30.2. The Kier molecular flexibility index (Phi) is 6.69. The van der Waals surface area contributed by atoms with E-state index >= 15 is 0 Å². The van der Waals surface area contributed by atoms with Crippen molar-refractivity contribution < 1.29 is 8.83 Å². The second-order valence-corrected chi connectivity index (χ2v) is 14.6. The van der Waals surface area contributed by atoms with Gasteiger partial charge >= 0.3 is 0 Å². The lowest BCUT2D eigenvalue weighted by atomic mass is 9.91. The minimum atomic E-state index is 0.593. The maximum Gasteiger partial charge on any atom is 0.164 e. The fourth-order valence-corrected chi connectivity index (χ4v) is 8.76. The molecule has 0 fully saturated rings. The van der Waals surface area contributed by atoms with Crippen molar-refractivity contribution in [2.24, 2.45) is 0 Å². The molecule has 3 heterocycles. The van der Waals surface area contributed by atoms with Crippen molar-refractivity contribution in [3.8, 4) is 45.3 Å². The number of furan rings is 2. The van der Waals surface area contributed by atoms with Crippen molar-refractivity contribution in [2.75, 3.05) is 0 Å². The molecule has 0 saturated carbocycles. The summed E-state index contributed by atoms with van der Waals surface area (Å²) >= 11 is 0. The van der Waals surface area contributed by atoms with E-state index in [9.17, 15) is 0 Å². The van der Waals surface area contributed by atoms with Crippen molar-refractivity contribution in [2.45, 2.75) is 12.8 Å². The summed E-state index contributed by atoms with van der Waals surface area (Å²) < 4.78 is 13.4. The Hall–Kier alpha value is -7.37. The molecule has 0 atom stereocenters. The molecule has 0 aliphatic heterocycles. The molecule has 0 radical (unpaired) electrons. The number of hydrogen-bond donors (Lipinski definition) is 0. The second kappa shape index (κ2) is 12.1. The van der Waals surface area contributed by atoms with Crippen LogP contribution in [0, 0.1) is 0 Å². The standard InChI is InChI=1S/C51H31N3O2/c1-2-13-32(14-3-1)49-52-50(34-26-27-36-33(29-34)24-23-30-11-4-6-15-35(30)36)54-51(53-49)42-20-10-22-44-46(42)40-19-8-18-39(48(40)56-44)38-17-9-21-43-45(38)41-28-25-31-12-5-7-16-37(31)47(41)55-43/h1-3,5-10,12-29H,4,11H2. The van der Waals surface area contributed by atoms with E-state index in [4.69, 9.17) is 23.8 Å². The van der Waals surface area contributed by atoms with Gasteiger partial charge in [-0.3, -0.25) is 0 Å². The summed E-state index contributed by atoms with van der Waals surface area (Å²) in [6, 6.07) is 52.7. The van der Waals surface area contributed by atoms with E-state index in [-0.39, 0.29) is 0 Å². The SMILES string of the molecule is C1=Cc2c(ccc3cc(-c4nc(-c5ccccc5)nc(-c5cccc6oc7c(-c8cccc9oc%10c%11ccccc%11ccc%10c89)cccc7c56)n4)ccc23)CC1. The topological polar surface area (TPSA) is 65.0 Å². The monoisotopic (exact) mass is 717 g/mol. The van der Waals surface area contributed by atoms with Gasteiger partial charge in [0, 0.05) is 49.2 Å². The molecule has 0 N–H and O–H groups in total. The van der Waals surface area contributed by atoms with E-state index in [1.54, 1.807) is 0 Å². The van der Waals surface area contributed by atoms with Crippen LogP contribution in [0.2, 0.25) is 0 Å². The Bertz CT molecular complexity index is 3430. The molecule has 11 aromatic rings. The lowest BCUT2D eigenvalue weighted by Gasteiger charge is -2.14. The number of rotatable bonds is 4. The van der Waals surface area contributed by atoms with Crippen LogP contribution < -0.4 is 0 Å².